The molecule has 2 nitrogen and oxygen atoms in total. The van der Waals surface area contributed by atoms with E-state index in [1.807, 2.05) is 0 Å². The minimum absolute atomic E-state index is 0.309. The Labute approximate surface area is 161 Å². The molecule has 0 amide bonds. The van der Waals surface area contributed by atoms with Gasteiger partial charge in [0, 0.05) is 42.7 Å². The predicted octanol–water partition coefficient (Wildman–Crippen LogP) is 5.34. The molecular weight excluding hydrogens is 368 g/mol. The Balaban J connectivity index is 1.68. The Morgan fingerprint density at radius 1 is 1.07 bits per heavy atom. The quantitative estimate of drug-likeness (QED) is 0.548. The van der Waals surface area contributed by atoms with Gasteiger partial charge in [-0.1, -0.05) is 17.7 Å². The van der Waals surface area contributed by atoms with E-state index < -0.39 is 17.6 Å². The second kappa shape index (κ2) is 6.92. The van der Waals surface area contributed by atoms with Gasteiger partial charge < -0.3 is 9.47 Å². The van der Waals surface area contributed by atoms with Crippen LogP contribution < -0.4 is 0 Å². The average molecular weight is 390 g/mol. The minimum Gasteiger partial charge on any atom is -0.344 e. The van der Waals surface area contributed by atoms with Crippen molar-refractivity contribution in [2.24, 2.45) is 0 Å². The number of aryl methyl sites for hydroxylation is 3. The molecule has 0 aliphatic carbocycles. The summed E-state index contributed by atoms with van der Waals surface area (Å²) in [5.74, 6) is -0.796. The monoisotopic (exact) mass is 390 g/mol. The number of alkyl halides is 3. The van der Waals surface area contributed by atoms with Crippen molar-refractivity contribution < 1.29 is 17.6 Å². The predicted molar refractivity (Wildman–Crippen MR) is 102 cm³/mol. The maximum absolute atomic E-state index is 14.3. The van der Waals surface area contributed by atoms with E-state index in [9.17, 15) is 17.6 Å². The normalized spacial score (nSPS) is 15.2. The highest BCUT2D eigenvalue weighted by molar-refractivity contribution is 5.86. The number of hydrogen-bond donors (Lipinski definition) is 0. The summed E-state index contributed by atoms with van der Waals surface area (Å²) in [6.07, 6.45) is -3.27. The van der Waals surface area contributed by atoms with Crippen molar-refractivity contribution in [2.45, 2.75) is 39.0 Å². The highest BCUT2D eigenvalue weighted by Gasteiger charge is 2.31. The van der Waals surface area contributed by atoms with Gasteiger partial charge >= 0.3 is 6.18 Å². The van der Waals surface area contributed by atoms with Gasteiger partial charge in [-0.15, -0.1) is 0 Å². The van der Waals surface area contributed by atoms with E-state index in [2.05, 4.69) is 41.6 Å². The molecule has 0 fully saturated rings. The van der Waals surface area contributed by atoms with Gasteiger partial charge in [-0.25, -0.2) is 4.39 Å². The first-order valence-electron chi connectivity index (χ1n) is 9.39. The topological polar surface area (TPSA) is 8.17 Å². The molecule has 0 radical (unpaired) electrons. The molecule has 1 aromatic heterocycles. The fraction of sp³-hybridized carbons (Fsp3) is 0.364. The number of rotatable bonds is 3. The van der Waals surface area contributed by atoms with Crippen LogP contribution in [-0.2, 0) is 32.1 Å². The molecular formula is C22H22F4N2. The Bertz CT molecular complexity index is 1030. The van der Waals surface area contributed by atoms with Crippen molar-refractivity contribution >= 4 is 10.9 Å². The molecule has 28 heavy (non-hydrogen) atoms. The summed E-state index contributed by atoms with van der Waals surface area (Å²) in [4.78, 5) is 2.28. The molecule has 0 atom stereocenters. The van der Waals surface area contributed by atoms with Crippen molar-refractivity contribution in [1.29, 1.82) is 0 Å². The van der Waals surface area contributed by atoms with Crippen LogP contribution in [0.2, 0.25) is 0 Å². The Kier molecular flexibility index (Phi) is 4.70. The lowest BCUT2D eigenvalue weighted by molar-refractivity contribution is -0.137. The molecule has 2 heterocycles. The molecule has 0 N–H and O–H groups in total. The zero-order valence-electron chi connectivity index (χ0n) is 15.9. The molecule has 6 heteroatoms. The number of halogens is 4. The molecule has 1 aliphatic heterocycles. The van der Waals surface area contributed by atoms with E-state index in [0.29, 0.717) is 24.6 Å². The van der Waals surface area contributed by atoms with Gasteiger partial charge in [-0.2, -0.15) is 13.2 Å². The zero-order chi connectivity index (χ0) is 20.1. The second-order valence-electron chi connectivity index (χ2n) is 7.64. The lowest BCUT2D eigenvalue weighted by Crippen LogP contribution is -2.27. The molecule has 0 spiro atoms. The van der Waals surface area contributed by atoms with E-state index in [-0.39, 0.29) is 0 Å². The first-order valence-corrected chi connectivity index (χ1v) is 9.39. The molecule has 1 aliphatic rings. The van der Waals surface area contributed by atoms with E-state index in [4.69, 9.17) is 0 Å². The number of hydrogen-bond acceptors (Lipinski definition) is 1. The molecule has 3 aromatic rings. The van der Waals surface area contributed by atoms with Gasteiger partial charge in [-0.05, 0) is 55.8 Å². The lowest BCUT2D eigenvalue weighted by Gasteiger charge is -2.24. The van der Waals surface area contributed by atoms with Gasteiger partial charge in [0.2, 0.25) is 0 Å². The third-order valence-electron chi connectivity index (χ3n) is 5.59. The molecule has 2 aromatic carbocycles. The van der Waals surface area contributed by atoms with Crippen molar-refractivity contribution in [1.82, 2.24) is 9.47 Å². The number of likely N-dealkylation sites (N-methyl/N-ethyl adjacent to an activating group) is 1. The van der Waals surface area contributed by atoms with Crippen molar-refractivity contribution in [3.63, 3.8) is 0 Å². The van der Waals surface area contributed by atoms with Crippen molar-refractivity contribution in [2.75, 3.05) is 13.6 Å². The van der Waals surface area contributed by atoms with Crippen molar-refractivity contribution in [3.05, 3.63) is 70.2 Å². The Morgan fingerprint density at radius 3 is 2.57 bits per heavy atom. The highest BCUT2D eigenvalue weighted by atomic mass is 19.4. The third kappa shape index (κ3) is 3.41. The van der Waals surface area contributed by atoms with Crippen molar-refractivity contribution in [3.8, 4) is 0 Å². The number of nitrogens with zero attached hydrogens (tertiary/aromatic N) is 2. The summed E-state index contributed by atoms with van der Waals surface area (Å²) < 4.78 is 54.8. The fourth-order valence-corrected chi connectivity index (χ4v) is 4.11. The summed E-state index contributed by atoms with van der Waals surface area (Å²) in [5.41, 5.74) is 4.22. The average Bonchev–Trinajstić information content (AvgIpc) is 2.92. The van der Waals surface area contributed by atoms with Crippen LogP contribution in [-0.4, -0.2) is 23.1 Å². The zero-order valence-corrected chi connectivity index (χ0v) is 15.9. The largest absolute Gasteiger partial charge is 0.416 e. The Morgan fingerprint density at radius 2 is 1.86 bits per heavy atom. The highest BCUT2D eigenvalue weighted by Crippen LogP contribution is 2.33. The standard InChI is InChI=1S/C22H22F4N2/c1-14-3-6-20-17(11-14)18-13-27(2)9-8-21(18)28(20)10-7-15-4-5-16(12-19(15)23)22(24,25)26/h3-6,11-12H,7-10,13H2,1-2H3. The maximum Gasteiger partial charge on any atom is 0.416 e. The SMILES string of the molecule is Cc1ccc2c(c1)c1c(n2CCc2ccc(C(F)(F)F)cc2F)CCN(C)C1. The van der Waals surface area contributed by atoms with E-state index in [1.54, 1.807) is 0 Å². The van der Waals surface area contributed by atoms with E-state index >= 15 is 0 Å². The lowest BCUT2D eigenvalue weighted by atomic mass is 10.0. The Hall–Kier alpha value is -2.34. The minimum atomic E-state index is -4.53. The molecule has 4 rings (SSSR count). The van der Waals surface area contributed by atoms with Crippen LogP contribution in [0.25, 0.3) is 10.9 Å². The van der Waals surface area contributed by atoms with Gasteiger partial charge in [0.15, 0.2) is 0 Å². The van der Waals surface area contributed by atoms with Crippen LogP contribution in [0.5, 0.6) is 0 Å². The third-order valence-corrected chi connectivity index (χ3v) is 5.59. The van der Waals surface area contributed by atoms with Gasteiger partial charge in [-0.3, -0.25) is 0 Å². The van der Waals surface area contributed by atoms with Gasteiger partial charge in [0.05, 0.1) is 5.56 Å². The molecule has 0 bridgehead atoms. The first-order chi connectivity index (χ1) is 13.2. The van der Waals surface area contributed by atoms with E-state index in [0.717, 1.165) is 31.1 Å². The molecule has 148 valence electrons. The summed E-state index contributed by atoms with van der Waals surface area (Å²) in [6, 6.07) is 9.15. The van der Waals surface area contributed by atoms with Crippen LogP contribution in [0.4, 0.5) is 17.6 Å². The number of fused-ring (bicyclic) bond motifs is 3. The molecule has 0 unspecified atom stereocenters. The smallest absolute Gasteiger partial charge is 0.344 e. The van der Waals surface area contributed by atoms with Crippen LogP contribution in [0.15, 0.2) is 36.4 Å². The van der Waals surface area contributed by atoms with Crippen LogP contribution in [0.3, 0.4) is 0 Å². The van der Waals surface area contributed by atoms with Crippen LogP contribution >= 0.6 is 0 Å². The van der Waals surface area contributed by atoms with Crippen LogP contribution in [0, 0.1) is 12.7 Å². The van der Waals surface area contributed by atoms with E-state index in [1.165, 1.54) is 28.3 Å². The van der Waals surface area contributed by atoms with Gasteiger partial charge in [0.1, 0.15) is 5.82 Å². The molecule has 0 saturated carbocycles. The summed E-state index contributed by atoms with van der Waals surface area (Å²) in [7, 11) is 2.10. The fourth-order valence-electron chi connectivity index (χ4n) is 4.11. The summed E-state index contributed by atoms with van der Waals surface area (Å²) >= 11 is 0. The molecule has 0 saturated heterocycles. The number of benzene rings is 2. The summed E-state index contributed by atoms with van der Waals surface area (Å²) in [6.45, 7) is 4.43. The van der Waals surface area contributed by atoms with Gasteiger partial charge in [0.25, 0.3) is 0 Å². The maximum atomic E-state index is 14.3. The summed E-state index contributed by atoms with van der Waals surface area (Å²) in [5, 5.41) is 1.22. The first kappa shape index (κ1) is 19.0. The second-order valence-corrected chi connectivity index (χ2v) is 7.64. The number of aromatic nitrogens is 1. The van der Waals surface area contributed by atoms with Crippen LogP contribution in [0.1, 0.15) is 27.9 Å².